The van der Waals surface area contributed by atoms with Crippen molar-refractivity contribution in [2.75, 3.05) is 6.54 Å². The number of alkyl halides is 3. The first-order valence-corrected chi connectivity index (χ1v) is 7.40. The van der Waals surface area contributed by atoms with Crippen LogP contribution in [0.4, 0.5) is 18.9 Å². The summed E-state index contributed by atoms with van der Waals surface area (Å²) in [6, 6.07) is 2.01. The lowest BCUT2D eigenvalue weighted by Crippen LogP contribution is -2.51. The predicted octanol–water partition coefficient (Wildman–Crippen LogP) is 1.79. The van der Waals surface area contributed by atoms with Crippen LogP contribution in [0, 0.1) is 0 Å². The second-order valence-electron chi connectivity index (χ2n) is 5.56. The molecule has 0 bridgehead atoms. The van der Waals surface area contributed by atoms with Crippen LogP contribution in [-0.2, 0) is 15.8 Å². The maximum atomic E-state index is 12.9. The van der Waals surface area contributed by atoms with E-state index in [1.165, 1.54) is 10.8 Å². The van der Waals surface area contributed by atoms with Gasteiger partial charge in [0.05, 0.1) is 10.3 Å². The summed E-state index contributed by atoms with van der Waals surface area (Å²) >= 11 is 0. The molecule has 9 heteroatoms. The smallest absolute Gasteiger partial charge is 0.290 e. The summed E-state index contributed by atoms with van der Waals surface area (Å²) in [6.07, 6.45) is -4.36. The zero-order chi connectivity index (χ0) is 17.6. The van der Waals surface area contributed by atoms with E-state index >= 15 is 0 Å². The van der Waals surface area contributed by atoms with Crippen LogP contribution in [0.5, 0.6) is 0 Å². The number of nitrogens with zero attached hydrogens (tertiary/aromatic N) is 2. The molecule has 24 heavy (non-hydrogen) atoms. The van der Waals surface area contributed by atoms with Crippen LogP contribution in [-0.4, -0.2) is 39.7 Å². The average molecular weight is 341 g/mol. The third-order valence-electron chi connectivity index (χ3n) is 4.11. The molecule has 2 heterocycles. The van der Waals surface area contributed by atoms with Crippen LogP contribution in [0.25, 0.3) is 0 Å². The van der Waals surface area contributed by atoms with E-state index in [-0.39, 0.29) is 18.4 Å². The van der Waals surface area contributed by atoms with Gasteiger partial charge in [-0.15, -0.1) is 0 Å². The fraction of sp³-hybridized carbons (Fsp3) is 0.400. The number of hydrogen-bond acceptors (Lipinski definition) is 3. The Hall–Kier alpha value is -2.58. The number of halogens is 3. The van der Waals surface area contributed by atoms with Gasteiger partial charge < -0.3 is 0 Å². The van der Waals surface area contributed by atoms with Gasteiger partial charge in [0.2, 0.25) is 12.5 Å². The molecule has 0 aliphatic carbocycles. The molecule has 3 amide bonds. The molecule has 1 aromatic rings. The van der Waals surface area contributed by atoms with Gasteiger partial charge in [-0.1, -0.05) is 0 Å². The molecule has 0 radical (unpaired) electrons. The largest absolute Gasteiger partial charge is 0.484 e. The number of azo groups is 4. The van der Waals surface area contributed by atoms with Crippen molar-refractivity contribution in [3.63, 3.8) is 0 Å². The van der Waals surface area contributed by atoms with Gasteiger partial charge in [0.25, 0.3) is 5.69 Å². The Morgan fingerprint density at radius 1 is 1.25 bits per heavy atom. The Morgan fingerprint density at radius 2 is 1.96 bits per heavy atom. The minimum Gasteiger partial charge on any atom is -0.290 e. The normalized spacial score (nSPS) is 21.2. The number of imide groups is 1. The summed E-state index contributed by atoms with van der Waals surface area (Å²) in [6.45, 7) is 2.01. The summed E-state index contributed by atoms with van der Waals surface area (Å²) in [4.78, 5) is 35.9. The molecule has 1 fully saturated rings. The second-order valence-corrected chi connectivity index (χ2v) is 5.56. The van der Waals surface area contributed by atoms with Crippen molar-refractivity contribution in [3.8, 4) is 0 Å². The SMILES string of the molecule is CC[N+]1=[N+](C2CCC(=O)NC2=O)C(=O)c2cc(C(F)(F)F)ccc21. The van der Waals surface area contributed by atoms with Crippen LogP contribution < -0.4 is 5.32 Å². The van der Waals surface area contributed by atoms with Gasteiger partial charge >= 0.3 is 24.0 Å². The summed E-state index contributed by atoms with van der Waals surface area (Å²) in [5.41, 5.74) is -0.702. The number of nitrogens with one attached hydrogen (secondary N) is 1. The Balaban J connectivity index is 2.06. The first-order chi connectivity index (χ1) is 11.2. The van der Waals surface area contributed by atoms with E-state index in [1.54, 1.807) is 6.92 Å². The monoisotopic (exact) mass is 341 g/mol. The molecule has 1 saturated heterocycles. The number of rotatable bonds is 2. The topological polar surface area (TPSA) is 69.3 Å². The van der Waals surface area contributed by atoms with Gasteiger partial charge in [-0.25, -0.2) is 4.79 Å². The van der Waals surface area contributed by atoms with Gasteiger partial charge in [-0.3, -0.25) is 14.9 Å². The van der Waals surface area contributed by atoms with Crippen LogP contribution in [0.15, 0.2) is 18.2 Å². The Bertz CT molecular complexity index is 799. The molecule has 6 nitrogen and oxygen atoms in total. The summed E-state index contributed by atoms with van der Waals surface area (Å²) in [5.74, 6) is -1.72. The molecule has 0 aromatic heterocycles. The van der Waals surface area contributed by atoms with E-state index in [0.29, 0.717) is 12.2 Å². The van der Waals surface area contributed by atoms with E-state index < -0.39 is 35.5 Å². The predicted molar refractivity (Wildman–Crippen MR) is 72.7 cm³/mol. The fourth-order valence-electron chi connectivity index (χ4n) is 3.01. The maximum absolute atomic E-state index is 12.9. The first-order valence-electron chi connectivity index (χ1n) is 7.40. The molecule has 0 saturated carbocycles. The number of fused-ring (bicyclic) bond motifs is 1. The number of amides is 3. The highest BCUT2D eigenvalue weighted by molar-refractivity contribution is 6.01. The molecule has 1 aromatic carbocycles. The molecule has 2 aliphatic heterocycles. The lowest BCUT2D eigenvalue weighted by Gasteiger charge is -2.13. The van der Waals surface area contributed by atoms with Crippen molar-refractivity contribution in [3.05, 3.63) is 29.3 Å². The number of carbonyl (C=O) groups excluding carboxylic acids is 3. The standard InChI is InChI=1S/C15H13F3N3O3/c1-2-20-10-4-3-8(15(16,17)18)7-9(10)14(24)21(20)11-5-6-12(22)19-13(11)23/h3-4,7,11H,2,5-6H2,1H3/q+1/p+1. The zero-order valence-corrected chi connectivity index (χ0v) is 12.7. The van der Waals surface area contributed by atoms with Crippen molar-refractivity contribution in [1.82, 2.24) is 5.32 Å². The van der Waals surface area contributed by atoms with Crippen molar-refractivity contribution < 1.29 is 36.9 Å². The summed E-state index contributed by atoms with van der Waals surface area (Å²) < 4.78 is 41.3. The first kappa shape index (κ1) is 16.3. The van der Waals surface area contributed by atoms with Crippen LogP contribution in [0.1, 0.15) is 35.7 Å². The molecule has 0 spiro atoms. The van der Waals surface area contributed by atoms with Crippen molar-refractivity contribution in [2.45, 2.75) is 32.0 Å². The molecular formula is C15H14F3N3O3+2. The minimum absolute atomic E-state index is 0.0713. The Labute approximate surface area is 134 Å². The number of hydrogen-bond donors (Lipinski definition) is 1. The van der Waals surface area contributed by atoms with Crippen LogP contribution in [0.2, 0.25) is 0 Å². The Morgan fingerprint density at radius 3 is 2.54 bits per heavy atom. The Kier molecular flexibility index (Phi) is 3.73. The van der Waals surface area contributed by atoms with E-state index in [1.807, 2.05) is 0 Å². The third-order valence-corrected chi connectivity index (χ3v) is 4.11. The van der Waals surface area contributed by atoms with Crippen LogP contribution >= 0.6 is 0 Å². The molecule has 1 N–H and O–H groups in total. The van der Waals surface area contributed by atoms with Gasteiger partial charge in [-0.05, 0) is 12.1 Å². The molecule has 1 atom stereocenters. The highest BCUT2D eigenvalue weighted by Crippen LogP contribution is 2.35. The molecule has 2 aliphatic rings. The average Bonchev–Trinajstić information content (AvgIpc) is 2.78. The highest BCUT2D eigenvalue weighted by atomic mass is 19.4. The van der Waals surface area contributed by atoms with Crippen molar-refractivity contribution >= 4 is 23.4 Å². The lowest BCUT2D eigenvalue weighted by molar-refractivity contribution is -0.944. The maximum Gasteiger partial charge on any atom is 0.484 e. The van der Waals surface area contributed by atoms with E-state index in [0.717, 1.165) is 16.8 Å². The number of benzene rings is 1. The highest BCUT2D eigenvalue weighted by Gasteiger charge is 2.54. The molecule has 126 valence electrons. The summed E-state index contributed by atoms with van der Waals surface area (Å²) in [7, 11) is 0. The van der Waals surface area contributed by atoms with E-state index in [2.05, 4.69) is 5.32 Å². The molecule has 3 rings (SSSR count). The van der Waals surface area contributed by atoms with Crippen molar-refractivity contribution in [1.29, 1.82) is 0 Å². The number of piperidine rings is 1. The summed E-state index contributed by atoms with van der Waals surface area (Å²) in [5, 5.41) is 2.16. The minimum atomic E-state index is -4.56. The number of carbonyl (C=O) groups is 3. The van der Waals surface area contributed by atoms with Gasteiger partial charge in [0, 0.05) is 30.5 Å². The van der Waals surface area contributed by atoms with Crippen LogP contribution in [0.3, 0.4) is 0 Å². The fourth-order valence-corrected chi connectivity index (χ4v) is 3.01. The third kappa shape index (κ3) is 2.49. The molecular weight excluding hydrogens is 327 g/mol. The second kappa shape index (κ2) is 5.50. The van der Waals surface area contributed by atoms with E-state index in [4.69, 9.17) is 0 Å². The zero-order valence-electron chi connectivity index (χ0n) is 12.7. The van der Waals surface area contributed by atoms with E-state index in [9.17, 15) is 27.6 Å². The van der Waals surface area contributed by atoms with Crippen molar-refractivity contribution in [2.24, 2.45) is 0 Å². The van der Waals surface area contributed by atoms with Gasteiger partial charge in [0.1, 0.15) is 0 Å². The van der Waals surface area contributed by atoms with Gasteiger partial charge in [-0.2, -0.15) is 13.2 Å². The lowest BCUT2D eigenvalue weighted by atomic mass is 10.0. The quantitative estimate of drug-likeness (QED) is 0.659. The van der Waals surface area contributed by atoms with Gasteiger partial charge in [0.15, 0.2) is 5.56 Å². The molecule has 1 unspecified atom stereocenters.